The Bertz CT molecular complexity index is 812. The Morgan fingerprint density at radius 2 is 1.65 bits per heavy atom. The molecular formula is C17H20N2O3S. The summed E-state index contributed by atoms with van der Waals surface area (Å²) in [7, 11) is -3.68. The summed E-state index contributed by atoms with van der Waals surface area (Å²) in [6.07, 6.45) is 0. The lowest BCUT2D eigenvalue weighted by atomic mass is 10.1. The minimum absolute atomic E-state index is 0.115. The number of carbonyl (C=O) groups excluding carboxylic acids is 1. The summed E-state index contributed by atoms with van der Waals surface area (Å²) in [6.45, 7) is 6.24. The number of anilines is 1. The van der Waals surface area contributed by atoms with E-state index in [9.17, 15) is 13.2 Å². The maximum absolute atomic E-state index is 12.4. The van der Waals surface area contributed by atoms with Crippen LogP contribution in [0.5, 0.6) is 0 Å². The molecule has 2 aromatic carbocycles. The molecule has 2 rings (SSSR count). The second-order valence-corrected chi connectivity index (χ2v) is 6.97. The van der Waals surface area contributed by atoms with E-state index in [1.54, 1.807) is 12.1 Å². The van der Waals surface area contributed by atoms with Gasteiger partial charge in [0.05, 0.1) is 4.90 Å². The molecule has 0 bridgehead atoms. The highest BCUT2D eigenvalue weighted by Gasteiger charge is 2.15. The van der Waals surface area contributed by atoms with Crippen LogP contribution in [-0.4, -0.2) is 20.9 Å². The fourth-order valence-corrected chi connectivity index (χ4v) is 3.12. The fourth-order valence-electron chi connectivity index (χ4n) is 2.07. The summed E-state index contributed by atoms with van der Waals surface area (Å²) >= 11 is 0. The van der Waals surface area contributed by atoms with Crippen molar-refractivity contribution in [1.29, 1.82) is 0 Å². The second kappa shape index (κ2) is 6.83. The molecule has 0 atom stereocenters. The molecule has 23 heavy (non-hydrogen) atoms. The van der Waals surface area contributed by atoms with Crippen molar-refractivity contribution in [2.75, 3.05) is 11.3 Å². The lowest BCUT2D eigenvalue weighted by molar-refractivity contribution is 0.0955. The van der Waals surface area contributed by atoms with Crippen molar-refractivity contribution in [2.24, 2.45) is 0 Å². The van der Waals surface area contributed by atoms with E-state index in [0.29, 0.717) is 17.8 Å². The van der Waals surface area contributed by atoms with Gasteiger partial charge in [0.15, 0.2) is 0 Å². The molecule has 2 aromatic rings. The molecular weight excluding hydrogens is 312 g/mol. The average Bonchev–Trinajstić information content (AvgIpc) is 2.51. The molecule has 0 aliphatic rings. The van der Waals surface area contributed by atoms with Crippen LogP contribution in [0.15, 0.2) is 47.4 Å². The zero-order valence-electron chi connectivity index (χ0n) is 13.4. The SMILES string of the molecule is CCNC(=O)c1ccc(S(=O)(=O)Nc2ccc(C)c(C)c2)cc1. The number of sulfonamides is 1. The van der Waals surface area contributed by atoms with Crippen LogP contribution < -0.4 is 10.0 Å². The summed E-state index contributed by atoms with van der Waals surface area (Å²) in [4.78, 5) is 11.8. The van der Waals surface area contributed by atoms with Crippen molar-refractivity contribution in [1.82, 2.24) is 5.32 Å². The first-order valence-corrected chi connectivity index (χ1v) is 8.80. The average molecular weight is 332 g/mol. The molecule has 0 radical (unpaired) electrons. The Morgan fingerprint density at radius 1 is 1.00 bits per heavy atom. The van der Waals surface area contributed by atoms with E-state index in [1.807, 2.05) is 26.8 Å². The van der Waals surface area contributed by atoms with E-state index in [0.717, 1.165) is 11.1 Å². The van der Waals surface area contributed by atoms with Crippen LogP contribution in [0.3, 0.4) is 0 Å². The predicted octanol–water partition coefficient (Wildman–Crippen LogP) is 2.85. The largest absolute Gasteiger partial charge is 0.352 e. The van der Waals surface area contributed by atoms with Gasteiger partial charge < -0.3 is 5.32 Å². The summed E-state index contributed by atoms with van der Waals surface area (Å²) in [5.74, 6) is -0.224. The molecule has 5 nitrogen and oxygen atoms in total. The number of hydrogen-bond donors (Lipinski definition) is 2. The van der Waals surface area contributed by atoms with Crippen molar-refractivity contribution in [3.63, 3.8) is 0 Å². The van der Waals surface area contributed by atoms with Gasteiger partial charge in [0.25, 0.3) is 15.9 Å². The van der Waals surface area contributed by atoms with Crippen LogP contribution >= 0.6 is 0 Å². The van der Waals surface area contributed by atoms with Crippen molar-refractivity contribution in [2.45, 2.75) is 25.7 Å². The van der Waals surface area contributed by atoms with Crippen LogP contribution in [0, 0.1) is 13.8 Å². The highest BCUT2D eigenvalue weighted by molar-refractivity contribution is 7.92. The van der Waals surface area contributed by atoms with Gasteiger partial charge in [-0.25, -0.2) is 8.42 Å². The second-order valence-electron chi connectivity index (χ2n) is 5.29. The van der Waals surface area contributed by atoms with Crippen LogP contribution in [0.25, 0.3) is 0 Å². The quantitative estimate of drug-likeness (QED) is 0.884. The highest BCUT2D eigenvalue weighted by Crippen LogP contribution is 2.19. The van der Waals surface area contributed by atoms with Crippen molar-refractivity contribution in [3.8, 4) is 0 Å². The van der Waals surface area contributed by atoms with Crippen LogP contribution in [0.1, 0.15) is 28.4 Å². The number of amides is 1. The first-order chi connectivity index (χ1) is 10.8. The number of nitrogens with one attached hydrogen (secondary N) is 2. The molecule has 0 fully saturated rings. The molecule has 0 heterocycles. The van der Waals surface area contributed by atoms with E-state index < -0.39 is 10.0 Å². The van der Waals surface area contributed by atoms with Crippen LogP contribution in [0.4, 0.5) is 5.69 Å². The standard InChI is InChI=1S/C17H20N2O3S/c1-4-18-17(20)14-6-9-16(10-7-14)23(21,22)19-15-8-5-12(2)13(3)11-15/h5-11,19H,4H2,1-3H3,(H,18,20). The zero-order valence-corrected chi connectivity index (χ0v) is 14.2. The smallest absolute Gasteiger partial charge is 0.261 e. The van der Waals surface area contributed by atoms with Crippen molar-refractivity contribution < 1.29 is 13.2 Å². The topological polar surface area (TPSA) is 75.3 Å². The molecule has 0 unspecified atom stereocenters. The van der Waals surface area contributed by atoms with Gasteiger partial charge in [-0.05, 0) is 68.3 Å². The van der Waals surface area contributed by atoms with Crippen molar-refractivity contribution >= 4 is 21.6 Å². The Morgan fingerprint density at radius 3 is 2.22 bits per heavy atom. The molecule has 0 aliphatic carbocycles. The summed E-state index contributed by atoms with van der Waals surface area (Å²) in [5.41, 5.74) is 3.05. The predicted molar refractivity (Wildman–Crippen MR) is 91.2 cm³/mol. The number of rotatable bonds is 5. The van der Waals surface area contributed by atoms with E-state index in [2.05, 4.69) is 10.0 Å². The highest BCUT2D eigenvalue weighted by atomic mass is 32.2. The number of hydrogen-bond acceptors (Lipinski definition) is 3. The number of carbonyl (C=O) groups is 1. The van der Waals surface area contributed by atoms with E-state index in [1.165, 1.54) is 24.3 Å². The monoisotopic (exact) mass is 332 g/mol. The lowest BCUT2D eigenvalue weighted by Gasteiger charge is -2.10. The molecule has 0 saturated heterocycles. The first kappa shape index (κ1) is 17.0. The van der Waals surface area contributed by atoms with Gasteiger partial charge in [0, 0.05) is 17.8 Å². The van der Waals surface area contributed by atoms with E-state index in [4.69, 9.17) is 0 Å². The maximum atomic E-state index is 12.4. The summed E-state index contributed by atoms with van der Waals surface area (Å²) in [6, 6.07) is 11.2. The molecule has 6 heteroatoms. The molecule has 0 aromatic heterocycles. The number of benzene rings is 2. The molecule has 1 amide bonds. The Labute approximate surface area is 136 Å². The van der Waals surface area contributed by atoms with E-state index in [-0.39, 0.29) is 10.8 Å². The molecule has 122 valence electrons. The fraction of sp³-hybridized carbons (Fsp3) is 0.235. The van der Waals surface area contributed by atoms with Crippen LogP contribution in [0.2, 0.25) is 0 Å². The number of aryl methyl sites for hydroxylation is 2. The first-order valence-electron chi connectivity index (χ1n) is 7.32. The summed E-state index contributed by atoms with van der Waals surface area (Å²) in [5, 5.41) is 2.67. The van der Waals surface area contributed by atoms with Crippen molar-refractivity contribution in [3.05, 3.63) is 59.2 Å². The van der Waals surface area contributed by atoms with Gasteiger partial charge in [0.1, 0.15) is 0 Å². The third-order valence-electron chi connectivity index (χ3n) is 3.52. The van der Waals surface area contributed by atoms with Gasteiger partial charge >= 0.3 is 0 Å². The Balaban J connectivity index is 2.22. The van der Waals surface area contributed by atoms with Gasteiger partial charge in [0.2, 0.25) is 0 Å². The maximum Gasteiger partial charge on any atom is 0.261 e. The summed E-state index contributed by atoms with van der Waals surface area (Å²) < 4.78 is 27.3. The van der Waals surface area contributed by atoms with Crippen LogP contribution in [-0.2, 0) is 10.0 Å². The van der Waals surface area contributed by atoms with Gasteiger partial charge in [-0.1, -0.05) is 6.07 Å². The molecule has 0 aliphatic heterocycles. The van der Waals surface area contributed by atoms with Gasteiger partial charge in [-0.3, -0.25) is 9.52 Å². The van der Waals surface area contributed by atoms with Gasteiger partial charge in [-0.15, -0.1) is 0 Å². The third kappa shape index (κ3) is 4.10. The Hall–Kier alpha value is -2.34. The minimum atomic E-state index is -3.68. The lowest BCUT2D eigenvalue weighted by Crippen LogP contribution is -2.22. The minimum Gasteiger partial charge on any atom is -0.352 e. The molecule has 0 spiro atoms. The van der Waals surface area contributed by atoms with Gasteiger partial charge in [-0.2, -0.15) is 0 Å². The normalized spacial score (nSPS) is 11.1. The molecule has 0 saturated carbocycles. The molecule has 2 N–H and O–H groups in total. The zero-order chi connectivity index (χ0) is 17.0. The Kier molecular flexibility index (Phi) is 5.05. The third-order valence-corrected chi connectivity index (χ3v) is 4.92. The van der Waals surface area contributed by atoms with E-state index >= 15 is 0 Å².